The molecule has 0 amide bonds. The van der Waals surface area contributed by atoms with Crippen molar-refractivity contribution in [1.82, 2.24) is 5.32 Å². The molecule has 1 heterocycles. The van der Waals surface area contributed by atoms with Gasteiger partial charge in [0.15, 0.2) is 0 Å². The van der Waals surface area contributed by atoms with Crippen LogP contribution in [-0.4, -0.2) is 30.6 Å². The molecule has 15 heavy (non-hydrogen) atoms. The maximum Gasteiger partial charge on any atom is 0.116 e. The summed E-state index contributed by atoms with van der Waals surface area (Å²) in [7, 11) is 0. The topological polar surface area (TPSA) is 56.6 Å². The second-order valence-corrected chi connectivity index (χ2v) is 3.61. The van der Waals surface area contributed by atoms with Crippen LogP contribution < -0.4 is 10.6 Å². The molecule has 0 bridgehead atoms. The average molecular weight is 205 g/mol. The zero-order chi connectivity index (χ0) is 10.7. The largest absolute Gasteiger partial charge is 0.508 e. The van der Waals surface area contributed by atoms with Crippen LogP contribution in [-0.2, 0) is 0 Å². The van der Waals surface area contributed by atoms with Gasteiger partial charge < -0.3 is 15.7 Å². The number of amidine groups is 1. The number of phenols is 1. The van der Waals surface area contributed by atoms with Gasteiger partial charge in [0.2, 0.25) is 0 Å². The van der Waals surface area contributed by atoms with Crippen molar-refractivity contribution in [3.63, 3.8) is 0 Å². The molecule has 2 rings (SSSR count). The number of aliphatic imine (C=N–C) groups is 1. The van der Waals surface area contributed by atoms with Gasteiger partial charge in [0.25, 0.3) is 0 Å². The Morgan fingerprint density at radius 2 is 2.40 bits per heavy atom. The van der Waals surface area contributed by atoms with Crippen LogP contribution in [0.2, 0.25) is 0 Å². The molecule has 0 fully saturated rings. The fourth-order valence-electron chi connectivity index (χ4n) is 1.59. The number of aromatic hydroxyl groups is 1. The molecule has 0 unspecified atom stereocenters. The predicted octanol–water partition coefficient (Wildman–Crippen LogP) is 1.11. The summed E-state index contributed by atoms with van der Waals surface area (Å²) in [5, 5.41) is 15.7. The third-order valence-corrected chi connectivity index (χ3v) is 2.40. The lowest BCUT2D eigenvalue weighted by Gasteiger charge is -2.09. The van der Waals surface area contributed by atoms with Crippen molar-refractivity contribution >= 4 is 11.5 Å². The Kier molecular flexibility index (Phi) is 2.76. The summed E-state index contributed by atoms with van der Waals surface area (Å²) in [6.07, 6.45) is 0. The first-order valence-corrected chi connectivity index (χ1v) is 5.06. The molecule has 0 aliphatic carbocycles. The van der Waals surface area contributed by atoms with Crippen molar-refractivity contribution in [2.45, 2.75) is 6.92 Å². The number of hydrogen-bond acceptors (Lipinski definition) is 4. The van der Waals surface area contributed by atoms with Gasteiger partial charge in [0.05, 0.1) is 13.1 Å². The van der Waals surface area contributed by atoms with Gasteiger partial charge in [-0.3, -0.25) is 4.99 Å². The summed E-state index contributed by atoms with van der Waals surface area (Å²) in [5.41, 5.74) is 2.07. The highest BCUT2D eigenvalue weighted by Crippen LogP contribution is 2.19. The maximum atomic E-state index is 9.25. The van der Waals surface area contributed by atoms with Crippen LogP contribution in [0.15, 0.2) is 23.2 Å². The highest BCUT2D eigenvalue weighted by Gasteiger charge is 2.05. The molecular weight excluding hydrogens is 190 g/mol. The van der Waals surface area contributed by atoms with Crippen LogP contribution in [0.5, 0.6) is 5.75 Å². The van der Waals surface area contributed by atoms with Gasteiger partial charge in [-0.05, 0) is 30.7 Å². The highest BCUT2D eigenvalue weighted by molar-refractivity contribution is 5.87. The molecule has 0 saturated heterocycles. The van der Waals surface area contributed by atoms with Gasteiger partial charge in [0.1, 0.15) is 11.6 Å². The van der Waals surface area contributed by atoms with E-state index in [0.29, 0.717) is 12.3 Å². The molecule has 4 nitrogen and oxygen atoms in total. The van der Waals surface area contributed by atoms with Crippen LogP contribution >= 0.6 is 0 Å². The molecule has 0 spiro atoms. The number of anilines is 1. The number of aryl methyl sites for hydroxylation is 1. The predicted molar refractivity (Wildman–Crippen MR) is 61.6 cm³/mol. The minimum atomic E-state index is 0.300. The van der Waals surface area contributed by atoms with Gasteiger partial charge in [-0.1, -0.05) is 0 Å². The lowest BCUT2D eigenvalue weighted by molar-refractivity contribution is 0.475. The van der Waals surface area contributed by atoms with Crippen LogP contribution in [0, 0.1) is 6.92 Å². The molecule has 1 aliphatic heterocycles. The maximum absolute atomic E-state index is 9.25. The van der Waals surface area contributed by atoms with Crippen molar-refractivity contribution in [3.8, 4) is 5.75 Å². The molecule has 1 aromatic rings. The molecule has 1 aromatic carbocycles. The van der Waals surface area contributed by atoms with Crippen molar-refractivity contribution < 1.29 is 5.11 Å². The molecule has 80 valence electrons. The van der Waals surface area contributed by atoms with Crippen molar-refractivity contribution in [2.75, 3.05) is 25.0 Å². The summed E-state index contributed by atoms with van der Waals surface area (Å²) in [6.45, 7) is 4.48. The minimum absolute atomic E-state index is 0.300. The quantitative estimate of drug-likeness (QED) is 0.648. The van der Waals surface area contributed by atoms with E-state index >= 15 is 0 Å². The summed E-state index contributed by atoms with van der Waals surface area (Å²) in [5.74, 6) is 1.30. The monoisotopic (exact) mass is 205 g/mol. The Hall–Kier alpha value is -1.71. The molecule has 0 radical (unpaired) electrons. The van der Waals surface area contributed by atoms with E-state index in [-0.39, 0.29) is 0 Å². The van der Waals surface area contributed by atoms with E-state index in [4.69, 9.17) is 0 Å². The first-order valence-electron chi connectivity index (χ1n) is 5.06. The van der Waals surface area contributed by atoms with E-state index in [1.54, 1.807) is 12.1 Å². The standard InChI is InChI=1S/C11H15N3O/c1-8-6-9(15)2-3-10(8)14-7-11-12-4-5-13-11/h2-3,6,14-15H,4-5,7H2,1H3,(H,12,13). The van der Waals surface area contributed by atoms with E-state index in [1.807, 2.05) is 13.0 Å². The first-order chi connectivity index (χ1) is 7.25. The van der Waals surface area contributed by atoms with E-state index < -0.39 is 0 Å². The van der Waals surface area contributed by atoms with E-state index in [9.17, 15) is 5.11 Å². The Balaban J connectivity index is 1.98. The molecule has 0 atom stereocenters. The third kappa shape index (κ3) is 2.40. The third-order valence-electron chi connectivity index (χ3n) is 2.40. The van der Waals surface area contributed by atoms with Gasteiger partial charge in [0, 0.05) is 12.2 Å². The SMILES string of the molecule is Cc1cc(O)ccc1NCC1=NCCN1. The fourth-order valence-corrected chi connectivity index (χ4v) is 1.59. The summed E-state index contributed by atoms with van der Waals surface area (Å²) < 4.78 is 0. The lowest BCUT2D eigenvalue weighted by Crippen LogP contribution is -2.26. The Morgan fingerprint density at radius 3 is 3.07 bits per heavy atom. The van der Waals surface area contributed by atoms with E-state index in [2.05, 4.69) is 15.6 Å². The van der Waals surface area contributed by atoms with Gasteiger partial charge in [-0.25, -0.2) is 0 Å². The number of benzene rings is 1. The van der Waals surface area contributed by atoms with Gasteiger partial charge >= 0.3 is 0 Å². The lowest BCUT2D eigenvalue weighted by atomic mass is 10.2. The van der Waals surface area contributed by atoms with Crippen LogP contribution in [0.25, 0.3) is 0 Å². The zero-order valence-electron chi connectivity index (χ0n) is 8.75. The van der Waals surface area contributed by atoms with Gasteiger partial charge in [-0.15, -0.1) is 0 Å². The van der Waals surface area contributed by atoms with Crippen LogP contribution in [0.3, 0.4) is 0 Å². The smallest absolute Gasteiger partial charge is 0.116 e. The second kappa shape index (κ2) is 4.21. The van der Waals surface area contributed by atoms with Crippen molar-refractivity contribution in [3.05, 3.63) is 23.8 Å². The number of rotatable bonds is 3. The summed E-state index contributed by atoms with van der Waals surface area (Å²) in [4.78, 5) is 4.29. The van der Waals surface area contributed by atoms with Crippen molar-refractivity contribution in [1.29, 1.82) is 0 Å². The number of hydrogen-bond donors (Lipinski definition) is 3. The second-order valence-electron chi connectivity index (χ2n) is 3.61. The first kappa shape index (κ1) is 9.83. The Bertz CT molecular complexity index is 387. The molecule has 0 aromatic heterocycles. The average Bonchev–Trinajstić information content (AvgIpc) is 2.69. The van der Waals surface area contributed by atoms with Crippen molar-refractivity contribution in [2.24, 2.45) is 4.99 Å². The number of phenolic OH excluding ortho intramolecular Hbond substituents is 1. The Morgan fingerprint density at radius 1 is 1.53 bits per heavy atom. The fraction of sp³-hybridized carbons (Fsp3) is 0.364. The zero-order valence-corrected chi connectivity index (χ0v) is 8.75. The number of nitrogens with zero attached hydrogens (tertiary/aromatic N) is 1. The molecule has 3 N–H and O–H groups in total. The Labute approximate surface area is 89.0 Å². The highest BCUT2D eigenvalue weighted by atomic mass is 16.3. The minimum Gasteiger partial charge on any atom is -0.508 e. The normalized spacial score (nSPS) is 14.6. The number of nitrogens with one attached hydrogen (secondary N) is 2. The molecule has 0 saturated carbocycles. The summed E-state index contributed by atoms with van der Waals surface area (Å²) in [6, 6.07) is 5.30. The molecule has 1 aliphatic rings. The van der Waals surface area contributed by atoms with Gasteiger partial charge in [-0.2, -0.15) is 0 Å². The van der Waals surface area contributed by atoms with Crippen LogP contribution in [0.1, 0.15) is 5.56 Å². The molecular formula is C11H15N3O. The van der Waals surface area contributed by atoms with E-state index in [1.165, 1.54) is 0 Å². The molecule has 4 heteroatoms. The van der Waals surface area contributed by atoms with Crippen LogP contribution in [0.4, 0.5) is 5.69 Å². The summed E-state index contributed by atoms with van der Waals surface area (Å²) >= 11 is 0. The van der Waals surface area contributed by atoms with E-state index in [0.717, 1.165) is 30.2 Å².